The van der Waals surface area contributed by atoms with E-state index < -0.39 is 222 Å². The molecule has 1 heteroatoms. The van der Waals surface area contributed by atoms with Crippen LogP contribution in [-0.4, -0.2) is 0 Å². The van der Waals surface area contributed by atoms with Crippen molar-refractivity contribution in [2.45, 2.75) is 0 Å². The molecule has 0 spiro atoms. The van der Waals surface area contributed by atoms with Gasteiger partial charge in [0.15, 0.2) is 0 Å². The summed E-state index contributed by atoms with van der Waals surface area (Å²) >= 11 is 0. The summed E-state index contributed by atoms with van der Waals surface area (Å²) in [6.45, 7) is 0. The zero-order chi connectivity index (χ0) is 47.8. The van der Waals surface area contributed by atoms with Crippen molar-refractivity contribution in [3.63, 3.8) is 0 Å². The first-order valence-electron chi connectivity index (χ1n) is 24.2. The summed E-state index contributed by atoms with van der Waals surface area (Å²) in [6.07, 6.45) is 0. The van der Waals surface area contributed by atoms with Crippen molar-refractivity contribution >= 4 is 65.0 Å². The van der Waals surface area contributed by atoms with Gasteiger partial charge in [-0.3, -0.25) is 0 Å². The second kappa shape index (κ2) is 8.55. The van der Waals surface area contributed by atoms with Crippen molar-refractivity contribution in [3.05, 3.63) is 145 Å². The average molecular weight is 545 g/mol. The Balaban J connectivity index is 1.63. The maximum Gasteiger partial charge on any atom is 0.136 e. The number of hydrogen-bond donors (Lipinski definition) is 0. The largest absolute Gasteiger partial charge is 0.456 e. The van der Waals surface area contributed by atoms with Crippen molar-refractivity contribution in [1.29, 1.82) is 0 Å². The molecule has 41 heavy (non-hydrogen) atoms. The highest BCUT2D eigenvalue weighted by molar-refractivity contribution is 6.24. The molecule has 9 aromatic rings. The van der Waals surface area contributed by atoms with Gasteiger partial charge in [0.05, 0.1) is 32.9 Å². The minimum Gasteiger partial charge on any atom is -0.456 e. The van der Waals surface area contributed by atoms with Gasteiger partial charge in [-0.2, -0.15) is 0 Å². The zero-order valence-electron chi connectivity index (χ0n) is 44.4. The summed E-state index contributed by atoms with van der Waals surface area (Å²) in [5.41, 5.74) is -3.80. The second-order valence-corrected chi connectivity index (χ2v) is 9.01. The molecular formula is C40H24O. The Morgan fingerprint density at radius 3 is 1.66 bits per heavy atom. The molecule has 0 aliphatic rings. The van der Waals surface area contributed by atoms with E-state index in [4.69, 9.17) is 26.3 Å². The molecule has 0 N–H and O–H groups in total. The van der Waals surface area contributed by atoms with Crippen LogP contribution in [0.25, 0.3) is 87.3 Å². The van der Waals surface area contributed by atoms with Gasteiger partial charge in [0, 0.05) is 10.8 Å². The number of fused-ring (bicyclic) bond motifs is 8. The zero-order valence-corrected chi connectivity index (χ0v) is 20.4. The smallest absolute Gasteiger partial charge is 0.136 e. The van der Waals surface area contributed by atoms with Crippen LogP contribution in [0.15, 0.2) is 149 Å². The predicted molar refractivity (Wildman–Crippen MR) is 175 cm³/mol. The molecule has 0 saturated heterocycles. The Bertz CT molecular complexity index is 3730. The van der Waals surface area contributed by atoms with Crippen molar-refractivity contribution < 1.29 is 37.3 Å². The van der Waals surface area contributed by atoms with Crippen molar-refractivity contribution in [1.82, 2.24) is 0 Å². The van der Waals surface area contributed by atoms with Gasteiger partial charge in [-0.15, -0.1) is 0 Å². The SMILES string of the molecule is [2H]c1c([2H])c([2H])c2c(-c3c4c([2H])c([2H])c([2H])c([2H])c4c(-c4c([2H])c([2H])c5c(oc6c([2H])c([2H])c7c([2H])c([2H])c([2H])c([2H])c7c65)c4[2H])c4c([2H])c([2H])c([2H])c([2H])c34)c([2H])c([2H])c([2H])c2c1[2H]. The third-order valence-corrected chi connectivity index (χ3v) is 6.89. The molecule has 0 fully saturated rings. The first-order chi connectivity index (χ1) is 30.3. The lowest BCUT2D eigenvalue weighted by atomic mass is 9.84. The van der Waals surface area contributed by atoms with E-state index in [0.717, 1.165) is 0 Å². The van der Waals surface area contributed by atoms with Crippen LogP contribution < -0.4 is 0 Å². The summed E-state index contributed by atoms with van der Waals surface area (Å²) < 4.78 is 220. The molecule has 0 atom stereocenters. The van der Waals surface area contributed by atoms with Crippen LogP contribution in [0.3, 0.4) is 0 Å². The summed E-state index contributed by atoms with van der Waals surface area (Å²) in [5, 5.41) is -5.35. The van der Waals surface area contributed by atoms with E-state index in [1.165, 1.54) is 0 Å². The third kappa shape index (κ3) is 3.24. The first-order valence-corrected chi connectivity index (χ1v) is 12.2. The monoisotopic (exact) mass is 544 g/mol. The Morgan fingerprint density at radius 2 is 0.951 bits per heavy atom. The van der Waals surface area contributed by atoms with Gasteiger partial charge in [0.1, 0.15) is 11.2 Å². The fourth-order valence-electron chi connectivity index (χ4n) is 5.20. The van der Waals surface area contributed by atoms with Gasteiger partial charge in [-0.1, -0.05) is 127 Å². The Kier molecular flexibility index (Phi) is 1.94. The van der Waals surface area contributed by atoms with Crippen molar-refractivity contribution in [2.24, 2.45) is 0 Å². The van der Waals surface area contributed by atoms with E-state index in [0.29, 0.717) is 0 Å². The molecule has 1 nitrogen and oxygen atoms in total. The Labute approximate surface area is 270 Å². The van der Waals surface area contributed by atoms with Crippen LogP contribution >= 0.6 is 0 Å². The highest BCUT2D eigenvalue weighted by atomic mass is 16.3. The molecule has 0 saturated carbocycles. The minimum atomic E-state index is -0.938. The maximum absolute atomic E-state index is 9.65. The predicted octanol–water partition coefficient (Wildman–Crippen LogP) is 11.5. The van der Waals surface area contributed by atoms with Gasteiger partial charge in [0.2, 0.25) is 0 Å². The molecule has 1 heterocycles. The average Bonchev–Trinajstić information content (AvgIpc) is 3.68. The highest BCUT2D eigenvalue weighted by Gasteiger charge is 2.19. The van der Waals surface area contributed by atoms with E-state index in [1.54, 1.807) is 0 Å². The number of benzene rings is 8. The van der Waals surface area contributed by atoms with E-state index >= 15 is 0 Å². The number of hydrogen-bond acceptors (Lipinski definition) is 1. The van der Waals surface area contributed by atoms with E-state index in [1.807, 2.05) is 0 Å². The summed E-state index contributed by atoms with van der Waals surface area (Å²) in [7, 11) is 0. The van der Waals surface area contributed by atoms with E-state index in [-0.39, 0.29) is 10.8 Å². The number of rotatable bonds is 2. The Hall–Kier alpha value is -5.40. The van der Waals surface area contributed by atoms with Crippen LogP contribution in [0.4, 0.5) is 0 Å². The molecule has 0 aliphatic heterocycles. The molecule has 0 bridgehead atoms. The normalized spacial score (nSPS) is 20.1. The summed E-state index contributed by atoms with van der Waals surface area (Å²) in [5.74, 6) is 0. The maximum atomic E-state index is 9.65. The molecule has 0 unspecified atom stereocenters. The lowest BCUT2D eigenvalue weighted by molar-refractivity contribution is 0.669. The third-order valence-electron chi connectivity index (χ3n) is 6.89. The van der Waals surface area contributed by atoms with Crippen LogP contribution in [0, 0.1) is 0 Å². The minimum absolute atomic E-state index is 0.320. The lowest BCUT2D eigenvalue weighted by Crippen LogP contribution is -1.91. The van der Waals surface area contributed by atoms with Crippen LogP contribution in [0.5, 0.6) is 0 Å². The molecule has 190 valence electrons. The van der Waals surface area contributed by atoms with Crippen LogP contribution in [0.2, 0.25) is 0 Å². The first kappa shape index (κ1) is 9.33. The molecule has 8 aromatic carbocycles. The van der Waals surface area contributed by atoms with Gasteiger partial charge < -0.3 is 4.42 Å². The van der Waals surface area contributed by atoms with Gasteiger partial charge in [0.25, 0.3) is 0 Å². The molecule has 9 rings (SSSR count). The Morgan fingerprint density at radius 1 is 0.390 bits per heavy atom. The second-order valence-electron chi connectivity index (χ2n) is 9.01. The van der Waals surface area contributed by atoms with Crippen molar-refractivity contribution in [3.8, 4) is 22.3 Å². The van der Waals surface area contributed by atoms with Crippen LogP contribution in [0.1, 0.15) is 32.9 Å². The molecule has 0 amide bonds. The molecule has 0 radical (unpaired) electrons. The van der Waals surface area contributed by atoms with E-state index in [9.17, 15) is 11.0 Å². The summed E-state index contributed by atoms with van der Waals surface area (Å²) in [4.78, 5) is 0. The topological polar surface area (TPSA) is 13.1 Å². The molecule has 0 aliphatic carbocycles. The van der Waals surface area contributed by atoms with Crippen LogP contribution in [-0.2, 0) is 0 Å². The van der Waals surface area contributed by atoms with Gasteiger partial charge in [-0.05, 0) is 83.5 Å². The number of furan rings is 1. The lowest BCUT2D eigenvalue weighted by Gasteiger charge is -2.18. The fourth-order valence-corrected chi connectivity index (χ4v) is 5.20. The highest BCUT2D eigenvalue weighted by Crippen LogP contribution is 2.46. The van der Waals surface area contributed by atoms with Crippen molar-refractivity contribution in [2.75, 3.05) is 0 Å². The summed E-state index contributed by atoms with van der Waals surface area (Å²) in [6, 6.07) is -20.4. The van der Waals surface area contributed by atoms with Gasteiger partial charge >= 0.3 is 0 Å². The van der Waals surface area contributed by atoms with E-state index in [2.05, 4.69) is 0 Å². The fraction of sp³-hybridized carbons (Fsp3) is 0. The standard InChI is InChI=1S/C40H24O/c1-3-13-28-25(10-1)12-9-19-30(28)39-33-17-7-5-15-31(33)38(32-16-6-8-18-34(32)39)27-20-22-35-37(24-27)41-36-23-21-26-11-2-4-14-29(26)40(35)36/h1-24H/i1D,2D,3D,4D,5D,6D,7D,8D,9D,10D,11D,12D,13D,14D,15D,16D,17D,18D,19D,20D,21D,22D,23D,24D. The molecule has 1 aromatic heterocycles. The quantitative estimate of drug-likeness (QED) is 0.197. The molecular weight excluding hydrogens is 496 g/mol. The van der Waals surface area contributed by atoms with Gasteiger partial charge in [-0.25, -0.2) is 0 Å².